The Hall–Kier alpha value is -1.67. The summed E-state index contributed by atoms with van der Waals surface area (Å²) in [5.74, 6) is 0.867. The minimum absolute atomic E-state index is 0.0136. The van der Waals surface area contributed by atoms with E-state index in [1.54, 1.807) is 4.90 Å². The number of esters is 1. The number of aliphatic hydroxyl groups is 1. The molecule has 162 valence electrons. The number of nitrogens with zero attached hydrogens (tertiary/aromatic N) is 1. The van der Waals surface area contributed by atoms with Crippen LogP contribution < -0.4 is 5.32 Å². The molecule has 1 aliphatic heterocycles. The van der Waals surface area contributed by atoms with Gasteiger partial charge in [-0.2, -0.15) is 0 Å². The number of amides is 2. The molecule has 4 aliphatic carbocycles. The predicted molar refractivity (Wildman–Crippen MR) is 103 cm³/mol. The summed E-state index contributed by atoms with van der Waals surface area (Å²) in [6.45, 7) is 0.489. The van der Waals surface area contributed by atoms with Gasteiger partial charge in [0.2, 0.25) is 5.91 Å². The van der Waals surface area contributed by atoms with Crippen molar-refractivity contribution in [1.82, 2.24) is 10.2 Å². The van der Waals surface area contributed by atoms with Crippen molar-refractivity contribution >= 4 is 17.8 Å². The lowest BCUT2D eigenvalue weighted by molar-refractivity contribution is -0.166. The molecule has 0 aromatic carbocycles. The smallest absolute Gasteiger partial charge is 0.329 e. The maximum Gasteiger partial charge on any atom is 0.329 e. The van der Waals surface area contributed by atoms with Crippen LogP contribution in [0.25, 0.3) is 0 Å². The van der Waals surface area contributed by atoms with E-state index in [0.29, 0.717) is 30.9 Å². The van der Waals surface area contributed by atoms with Gasteiger partial charge in [0, 0.05) is 26.6 Å². The molecule has 1 saturated heterocycles. The van der Waals surface area contributed by atoms with Crippen LogP contribution >= 0.6 is 0 Å². The summed E-state index contributed by atoms with van der Waals surface area (Å²) in [5, 5.41) is 12.8. The van der Waals surface area contributed by atoms with Gasteiger partial charge in [-0.15, -0.1) is 0 Å². The number of hydrogen-bond donors (Lipinski definition) is 2. The number of carbonyl (C=O) groups is 3. The van der Waals surface area contributed by atoms with E-state index in [2.05, 4.69) is 5.32 Å². The number of carbonyl (C=O) groups excluding carboxylic acids is 3. The Kier molecular flexibility index (Phi) is 5.84. The first-order valence-electron chi connectivity index (χ1n) is 10.8. The van der Waals surface area contributed by atoms with Crippen LogP contribution in [0, 0.1) is 23.2 Å². The lowest BCUT2D eigenvalue weighted by Gasteiger charge is -2.56. The second-order valence-corrected chi connectivity index (χ2v) is 9.51. The third-order valence-electron chi connectivity index (χ3n) is 7.28. The largest absolute Gasteiger partial charge is 0.454 e. The van der Waals surface area contributed by atoms with Crippen LogP contribution in [0.15, 0.2) is 0 Å². The Labute approximate surface area is 171 Å². The summed E-state index contributed by atoms with van der Waals surface area (Å²) in [6.07, 6.45) is 5.87. The van der Waals surface area contributed by atoms with Crippen molar-refractivity contribution in [3.8, 4) is 0 Å². The number of methoxy groups -OCH3 is 1. The van der Waals surface area contributed by atoms with Gasteiger partial charge in [-0.1, -0.05) is 0 Å². The van der Waals surface area contributed by atoms with Crippen LogP contribution in [0.1, 0.15) is 44.9 Å². The first-order valence-corrected chi connectivity index (χ1v) is 10.8. The Balaban J connectivity index is 1.38. The fourth-order valence-corrected chi connectivity index (χ4v) is 6.52. The molecule has 2 amide bonds. The molecule has 8 heteroatoms. The first kappa shape index (κ1) is 20.6. The highest BCUT2D eigenvalue weighted by Gasteiger charge is 2.57. The molecule has 5 aliphatic rings. The molecule has 0 radical (unpaired) electrons. The number of hydrogen-bond acceptors (Lipinski definition) is 6. The average Bonchev–Trinajstić information content (AvgIpc) is 3.06. The second-order valence-electron chi connectivity index (χ2n) is 9.51. The summed E-state index contributed by atoms with van der Waals surface area (Å²) in [6, 6.07) is -0.808. The number of likely N-dealkylation sites (tertiary alicyclic amines) is 1. The van der Waals surface area contributed by atoms with Crippen LogP contribution in [0.5, 0.6) is 0 Å². The predicted octanol–water partition coefficient (Wildman–Crippen LogP) is 0.470. The van der Waals surface area contributed by atoms with Crippen molar-refractivity contribution in [3.05, 3.63) is 0 Å². The van der Waals surface area contributed by atoms with Crippen molar-refractivity contribution in [2.24, 2.45) is 23.2 Å². The van der Waals surface area contributed by atoms with Gasteiger partial charge in [-0.05, 0) is 56.3 Å². The maximum absolute atomic E-state index is 13.6. The third-order valence-corrected chi connectivity index (χ3v) is 7.28. The highest BCUT2D eigenvalue weighted by atomic mass is 16.5. The van der Waals surface area contributed by atoms with Crippen molar-refractivity contribution in [2.75, 3.05) is 33.4 Å². The SMILES string of the molecule is COCCNC(=O)COC(=O)[C@@H]1CC(O)CN1C(=O)C12CC3CC(CC(C3)C1)C2. The Bertz CT molecular complexity index is 630. The van der Waals surface area contributed by atoms with E-state index in [4.69, 9.17) is 9.47 Å². The average molecular weight is 408 g/mol. The topological polar surface area (TPSA) is 105 Å². The molecule has 0 aromatic heterocycles. The lowest BCUT2D eigenvalue weighted by Crippen LogP contribution is -2.56. The van der Waals surface area contributed by atoms with Gasteiger partial charge in [-0.3, -0.25) is 9.59 Å². The Morgan fingerprint density at radius 3 is 2.28 bits per heavy atom. The monoisotopic (exact) mass is 408 g/mol. The van der Waals surface area contributed by atoms with E-state index < -0.39 is 30.6 Å². The van der Waals surface area contributed by atoms with Crippen LogP contribution in [-0.2, 0) is 23.9 Å². The second kappa shape index (κ2) is 8.22. The highest BCUT2D eigenvalue weighted by molar-refractivity contribution is 5.90. The molecule has 2 atom stereocenters. The summed E-state index contributed by atoms with van der Waals surface area (Å²) >= 11 is 0. The molecule has 1 unspecified atom stereocenters. The third kappa shape index (κ3) is 4.14. The van der Waals surface area contributed by atoms with E-state index >= 15 is 0 Å². The fraction of sp³-hybridized carbons (Fsp3) is 0.857. The van der Waals surface area contributed by atoms with E-state index in [9.17, 15) is 19.5 Å². The summed E-state index contributed by atoms with van der Waals surface area (Å²) < 4.78 is 10.0. The fourth-order valence-electron chi connectivity index (χ4n) is 6.52. The zero-order chi connectivity index (χ0) is 20.6. The molecule has 4 saturated carbocycles. The van der Waals surface area contributed by atoms with Crippen molar-refractivity contribution in [1.29, 1.82) is 0 Å². The first-order chi connectivity index (χ1) is 13.9. The molecule has 1 heterocycles. The zero-order valence-electron chi connectivity index (χ0n) is 17.1. The van der Waals surface area contributed by atoms with Gasteiger partial charge in [0.1, 0.15) is 6.04 Å². The van der Waals surface area contributed by atoms with Gasteiger partial charge in [0.05, 0.1) is 18.1 Å². The molecule has 0 aromatic rings. The van der Waals surface area contributed by atoms with Gasteiger partial charge in [-0.25, -0.2) is 4.79 Å². The Morgan fingerprint density at radius 1 is 1.07 bits per heavy atom. The standard InChI is InChI=1S/C21H32N2O6/c1-28-3-2-22-18(25)12-29-19(26)17-7-16(24)11-23(17)20(27)21-8-13-4-14(9-21)6-15(5-13)10-21/h13-17,24H,2-12H2,1H3,(H,22,25)/t13?,14?,15?,16?,17-,21?/m0/s1. The molecule has 8 nitrogen and oxygen atoms in total. The summed E-state index contributed by atoms with van der Waals surface area (Å²) in [4.78, 5) is 39.5. The number of β-amino-alcohol motifs (C(OH)–C–C–N with tert-alkyl or cyclic N) is 1. The van der Waals surface area contributed by atoms with Gasteiger partial charge in [0.25, 0.3) is 5.91 Å². The van der Waals surface area contributed by atoms with Crippen molar-refractivity contribution in [2.45, 2.75) is 57.1 Å². The number of rotatable bonds is 7. The molecule has 29 heavy (non-hydrogen) atoms. The molecule has 0 spiro atoms. The van der Waals surface area contributed by atoms with Crippen LogP contribution in [0.2, 0.25) is 0 Å². The normalized spacial score (nSPS) is 37.6. The van der Waals surface area contributed by atoms with Crippen molar-refractivity contribution in [3.63, 3.8) is 0 Å². The van der Waals surface area contributed by atoms with Gasteiger partial charge < -0.3 is 24.8 Å². The molecule has 5 fully saturated rings. The van der Waals surface area contributed by atoms with Crippen LogP contribution in [0.4, 0.5) is 0 Å². The summed E-state index contributed by atoms with van der Waals surface area (Å²) in [5.41, 5.74) is -0.366. The highest BCUT2D eigenvalue weighted by Crippen LogP contribution is 2.60. The molecular weight excluding hydrogens is 376 g/mol. The van der Waals surface area contributed by atoms with E-state index in [1.807, 2.05) is 0 Å². The number of ether oxygens (including phenoxy) is 2. The molecule has 4 bridgehead atoms. The van der Waals surface area contributed by atoms with E-state index in [-0.39, 0.29) is 24.3 Å². The minimum atomic E-state index is -0.808. The van der Waals surface area contributed by atoms with E-state index in [0.717, 1.165) is 19.3 Å². The lowest BCUT2D eigenvalue weighted by atomic mass is 9.49. The van der Waals surface area contributed by atoms with E-state index in [1.165, 1.54) is 26.4 Å². The summed E-state index contributed by atoms with van der Waals surface area (Å²) in [7, 11) is 1.53. The van der Waals surface area contributed by atoms with Crippen LogP contribution in [0.3, 0.4) is 0 Å². The molecule has 2 N–H and O–H groups in total. The van der Waals surface area contributed by atoms with Gasteiger partial charge in [0.15, 0.2) is 6.61 Å². The zero-order valence-corrected chi connectivity index (χ0v) is 17.1. The van der Waals surface area contributed by atoms with Gasteiger partial charge >= 0.3 is 5.97 Å². The minimum Gasteiger partial charge on any atom is -0.454 e. The van der Waals surface area contributed by atoms with Crippen molar-refractivity contribution < 1.29 is 29.0 Å². The number of nitrogens with one attached hydrogen (secondary N) is 1. The quantitative estimate of drug-likeness (QED) is 0.469. The van der Waals surface area contributed by atoms with Crippen LogP contribution in [-0.4, -0.2) is 73.3 Å². The number of aliphatic hydroxyl groups excluding tert-OH is 1. The maximum atomic E-state index is 13.6. The molecule has 5 rings (SSSR count). The molecular formula is C21H32N2O6. The Morgan fingerprint density at radius 2 is 1.69 bits per heavy atom.